The predicted molar refractivity (Wildman–Crippen MR) is 74.3 cm³/mol. The first kappa shape index (κ1) is 14.5. The molecule has 0 aliphatic rings. The van der Waals surface area contributed by atoms with Crippen LogP contribution in [0.25, 0.3) is 0 Å². The number of thioether (sulfide) groups is 1. The van der Waals surface area contributed by atoms with Gasteiger partial charge in [-0.25, -0.2) is 9.67 Å². The zero-order valence-electron chi connectivity index (χ0n) is 11.3. The van der Waals surface area contributed by atoms with Crippen molar-refractivity contribution in [1.29, 1.82) is 0 Å². The summed E-state index contributed by atoms with van der Waals surface area (Å²) in [6.45, 7) is 9.48. The predicted octanol–water partition coefficient (Wildman–Crippen LogP) is 2.48. The van der Waals surface area contributed by atoms with Crippen LogP contribution in [-0.4, -0.2) is 32.3 Å². The number of nitrogens with one attached hydrogen (secondary N) is 1. The van der Waals surface area contributed by atoms with Gasteiger partial charge in [0.2, 0.25) is 0 Å². The van der Waals surface area contributed by atoms with Crippen molar-refractivity contribution < 1.29 is 0 Å². The summed E-state index contributed by atoms with van der Waals surface area (Å²) >= 11 is 1.99. The molecule has 5 heteroatoms. The van der Waals surface area contributed by atoms with Crippen LogP contribution < -0.4 is 5.32 Å². The van der Waals surface area contributed by atoms with Gasteiger partial charge in [-0.2, -0.15) is 16.9 Å². The second-order valence-electron chi connectivity index (χ2n) is 4.48. The first-order chi connectivity index (χ1) is 8.15. The van der Waals surface area contributed by atoms with Crippen molar-refractivity contribution in [3.05, 3.63) is 12.2 Å². The van der Waals surface area contributed by atoms with E-state index in [-0.39, 0.29) is 0 Å². The summed E-state index contributed by atoms with van der Waals surface area (Å²) in [5.74, 6) is 3.45. The van der Waals surface area contributed by atoms with E-state index in [1.54, 1.807) is 6.33 Å². The maximum Gasteiger partial charge on any atom is 0.141 e. The molecule has 0 fully saturated rings. The molecule has 1 aromatic heterocycles. The van der Waals surface area contributed by atoms with Gasteiger partial charge in [0.05, 0.1) is 6.54 Å². The molecule has 0 saturated heterocycles. The molecule has 17 heavy (non-hydrogen) atoms. The Morgan fingerprint density at radius 2 is 2.18 bits per heavy atom. The van der Waals surface area contributed by atoms with Crippen molar-refractivity contribution in [1.82, 2.24) is 20.1 Å². The standard InChI is InChI=1S/C12H24N4S/c1-5-17-7-6-11(4)13-8-12-14-9-15-16(12)10(2)3/h9-11,13H,5-8H2,1-4H3. The summed E-state index contributed by atoms with van der Waals surface area (Å²) in [7, 11) is 0. The van der Waals surface area contributed by atoms with E-state index in [0.717, 1.165) is 12.4 Å². The molecule has 0 spiro atoms. The van der Waals surface area contributed by atoms with Crippen LogP contribution in [0.2, 0.25) is 0 Å². The Bertz CT molecular complexity index is 311. The summed E-state index contributed by atoms with van der Waals surface area (Å²) in [6.07, 6.45) is 2.84. The van der Waals surface area contributed by atoms with Crippen molar-refractivity contribution >= 4 is 11.8 Å². The molecule has 4 nitrogen and oxygen atoms in total. The van der Waals surface area contributed by atoms with Crippen LogP contribution in [-0.2, 0) is 6.54 Å². The topological polar surface area (TPSA) is 42.7 Å². The Morgan fingerprint density at radius 1 is 1.41 bits per heavy atom. The maximum absolute atomic E-state index is 4.29. The fourth-order valence-electron chi connectivity index (χ4n) is 1.60. The van der Waals surface area contributed by atoms with Crippen molar-refractivity contribution in [2.75, 3.05) is 11.5 Å². The molecular formula is C12H24N4S. The third-order valence-electron chi connectivity index (χ3n) is 2.64. The zero-order valence-corrected chi connectivity index (χ0v) is 12.1. The molecule has 0 aromatic carbocycles. The quantitative estimate of drug-likeness (QED) is 0.726. The zero-order chi connectivity index (χ0) is 12.7. The molecule has 1 rings (SSSR count). The van der Waals surface area contributed by atoms with Crippen LogP contribution in [0.3, 0.4) is 0 Å². The van der Waals surface area contributed by atoms with Gasteiger partial charge in [0, 0.05) is 12.1 Å². The van der Waals surface area contributed by atoms with Crippen molar-refractivity contribution in [2.45, 2.75) is 52.7 Å². The lowest BCUT2D eigenvalue weighted by atomic mass is 10.2. The van der Waals surface area contributed by atoms with Crippen molar-refractivity contribution in [3.63, 3.8) is 0 Å². The number of hydrogen-bond donors (Lipinski definition) is 1. The number of nitrogens with zero attached hydrogens (tertiary/aromatic N) is 3. The largest absolute Gasteiger partial charge is 0.307 e. The molecule has 0 aliphatic carbocycles. The molecule has 98 valence electrons. The van der Waals surface area contributed by atoms with E-state index in [1.807, 2.05) is 16.4 Å². The van der Waals surface area contributed by atoms with Gasteiger partial charge in [0.1, 0.15) is 12.2 Å². The van der Waals surface area contributed by atoms with Gasteiger partial charge in [-0.1, -0.05) is 6.92 Å². The number of aromatic nitrogens is 3. The molecular weight excluding hydrogens is 232 g/mol. The van der Waals surface area contributed by atoms with Gasteiger partial charge in [0.25, 0.3) is 0 Å². The van der Waals surface area contributed by atoms with Crippen LogP contribution in [0.4, 0.5) is 0 Å². The van der Waals surface area contributed by atoms with Gasteiger partial charge in [-0.05, 0) is 38.7 Å². The van der Waals surface area contributed by atoms with Gasteiger partial charge >= 0.3 is 0 Å². The van der Waals surface area contributed by atoms with Crippen LogP contribution in [0.1, 0.15) is 46.0 Å². The third kappa shape index (κ3) is 5.08. The van der Waals surface area contributed by atoms with Crippen LogP contribution >= 0.6 is 11.8 Å². The third-order valence-corrected chi connectivity index (χ3v) is 3.58. The molecule has 1 unspecified atom stereocenters. The molecule has 0 radical (unpaired) electrons. The van der Waals surface area contributed by atoms with Gasteiger partial charge < -0.3 is 5.32 Å². The van der Waals surface area contributed by atoms with E-state index < -0.39 is 0 Å². The summed E-state index contributed by atoms with van der Waals surface area (Å²) in [4.78, 5) is 4.29. The smallest absolute Gasteiger partial charge is 0.141 e. The van der Waals surface area contributed by atoms with Gasteiger partial charge in [-0.15, -0.1) is 0 Å². The second-order valence-corrected chi connectivity index (χ2v) is 5.88. The molecule has 0 bridgehead atoms. The van der Waals surface area contributed by atoms with Crippen LogP contribution in [0, 0.1) is 0 Å². The number of rotatable bonds is 8. The molecule has 1 aromatic rings. The van der Waals surface area contributed by atoms with Gasteiger partial charge in [0.15, 0.2) is 0 Å². The minimum absolute atomic E-state index is 0.375. The van der Waals surface area contributed by atoms with Crippen LogP contribution in [0.5, 0.6) is 0 Å². The molecule has 0 amide bonds. The summed E-state index contributed by atoms with van der Waals surface area (Å²) in [5, 5.41) is 7.73. The monoisotopic (exact) mass is 256 g/mol. The highest BCUT2D eigenvalue weighted by Crippen LogP contribution is 2.07. The Hall–Kier alpha value is -0.550. The molecule has 1 N–H and O–H groups in total. The highest BCUT2D eigenvalue weighted by Gasteiger charge is 2.08. The average molecular weight is 256 g/mol. The average Bonchev–Trinajstić information content (AvgIpc) is 2.75. The normalized spacial score (nSPS) is 13.2. The number of hydrogen-bond acceptors (Lipinski definition) is 4. The lowest BCUT2D eigenvalue weighted by molar-refractivity contribution is 0.465. The summed E-state index contributed by atoms with van der Waals surface area (Å²) < 4.78 is 1.97. The molecule has 0 saturated carbocycles. The maximum atomic E-state index is 4.29. The second kappa shape index (κ2) is 7.71. The van der Waals surface area contributed by atoms with Crippen molar-refractivity contribution in [2.24, 2.45) is 0 Å². The summed E-state index contributed by atoms with van der Waals surface area (Å²) in [6, 6.07) is 0.909. The van der Waals surface area contributed by atoms with E-state index in [1.165, 1.54) is 17.9 Å². The minimum Gasteiger partial charge on any atom is -0.307 e. The van der Waals surface area contributed by atoms with Gasteiger partial charge in [-0.3, -0.25) is 0 Å². The highest BCUT2D eigenvalue weighted by molar-refractivity contribution is 7.99. The Morgan fingerprint density at radius 3 is 2.82 bits per heavy atom. The molecule has 1 heterocycles. The SMILES string of the molecule is CCSCCC(C)NCc1ncnn1C(C)C. The Kier molecular flexibility index (Phi) is 6.58. The lowest BCUT2D eigenvalue weighted by Crippen LogP contribution is -2.28. The van der Waals surface area contributed by atoms with E-state index in [2.05, 4.69) is 43.1 Å². The Labute approximate surface area is 109 Å². The highest BCUT2D eigenvalue weighted by atomic mass is 32.2. The van der Waals surface area contributed by atoms with Crippen molar-refractivity contribution in [3.8, 4) is 0 Å². The van der Waals surface area contributed by atoms with E-state index >= 15 is 0 Å². The fourth-order valence-corrected chi connectivity index (χ4v) is 2.41. The minimum atomic E-state index is 0.375. The first-order valence-electron chi connectivity index (χ1n) is 6.34. The van der Waals surface area contributed by atoms with E-state index in [0.29, 0.717) is 12.1 Å². The molecule has 0 aliphatic heterocycles. The summed E-state index contributed by atoms with van der Waals surface area (Å²) in [5.41, 5.74) is 0. The van der Waals surface area contributed by atoms with E-state index in [9.17, 15) is 0 Å². The van der Waals surface area contributed by atoms with Crippen LogP contribution in [0.15, 0.2) is 6.33 Å². The fraction of sp³-hybridized carbons (Fsp3) is 0.833. The van der Waals surface area contributed by atoms with E-state index in [4.69, 9.17) is 0 Å². The molecule has 1 atom stereocenters. The Balaban J connectivity index is 2.31. The lowest BCUT2D eigenvalue weighted by Gasteiger charge is -2.14. The first-order valence-corrected chi connectivity index (χ1v) is 7.50.